The lowest BCUT2D eigenvalue weighted by molar-refractivity contribution is -0.120. The van der Waals surface area contributed by atoms with Crippen molar-refractivity contribution in [1.29, 1.82) is 0 Å². The quantitative estimate of drug-likeness (QED) is 0.307. The van der Waals surface area contributed by atoms with Gasteiger partial charge in [0.05, 0.1) is 5.56 Å². The van der Waals surface area contributed by atoms with Crippen LogP contribution in [-0.4, -0.2) is 11.9 Å². The molecule has 1 N–H and O–H groups in total. The van der Waals surface area contributed by atoms with E-state index >= 15 is 0 Å². The molecular weight excluding hydrogens is 434 g/mol. The summed E-state index contributed by atoms with van der Waals surface area (Å²) in [5.41, 5.74) is 5.91. The molecular formula is C31H45NO3. The van der Waals surface area contributed by atoms with Gasteiger partial charge in [0.1, 0.15) is 6.61 Å². The van der Waals surface area contributed by atoms with Crippen LogP contribution < -0.4 is 5.32 Å². The molecule has 0 saturated carbocycles. The van der Waals surface area contributed by atoms with E-state index in [1.165, 1.54) is 5.57 Å². The minimum atomic E-state index is -0.267. The lowest BCUT2D eigenvalue weighted by atomic mass is 10.0. The average molecular weight is 480 g/mol. The Balaban J connectivity index is 0.000000628. The highest BCUT2D eigenvalue weighted by molar-refractivity contribution is 5.91. The standard InChI is InChI=1S/C16H16O2.C13H23NO.C2H6/c1-12-8-9-15(13(2)10-12)16(17)18-11-14-6-4-3-5-7-14;1-6-8-13(15)14-12(7-2)9-11(5)10(3)4;1-2/h3-10H,11H2,1-2H3;7,9-10H,6,8H2,1-5H3,(H,14,15);1-2H3/b;11-9-,12-7+;. The van der Waals surface area contributed by atoms with E-state index in [4.69, 9.17) is 4.74 Å². The van der Waals surface area contributed by atoms with E-state index in [1.54, 1.807) is 0 Å². The molecule has 0 spiro atoms. The number of aryl methyl sites for hydroxylation is 2. The third kappa shape index (κ3) is 13.4. The van der Waals surface area contributed by atoms with Crippen LogP contribution in [0.5, 0.6) is 0 Å². The Bertz CT molecular complexity index is 956. The summed E-state index contributed by atoms with van der Waals surface area (Å²) in [6.07, 6.45) is 5.44. The van der Waals surface area contributed by atoms with Crippen molar-refractivity contribution in [2.24, 2.45) is 5.92 Å². The summed E-state index contributed by atoms with van der Waals surface area (Å²) in [4.78, 5) is 23.3. The fraction of sp³-hybridized carbons (Fsp3) is 0.419. The van der Waals surface area contributed by atoms with Crippen molar-refractivity contribution in [2.45, 2.75) is 81.8 Å². The molecule has 2 aromatic carbocycles. The first-order valence-electron chi connectivity index (χ1n) is 12.6. The Morgan fingerprint density at radius 2 is 1.66 bits per heavy atom. The van der Waals surface area contributed by atoms with Gasteiger partial charge in [0.25, 0.3) is 0 Å². The van der Waals surface area contributed by atoms with Gasteiger partial charge in [0.15, 0.2) is 0 Å². The number of amides is 1. The Kier molecular flexibility index (Phi) is 16.6. The summed E-state index contributed by atoms with van der Waals surface area (Å²) >= 11 is 0. The van der Waals surface area contributed by atoms with Gasteiger partial charge in [-0.2, -0.15) is 0 Å². The minimum Gasteiger partial charge on any atom is -0.457 e. The molecule has 0 aliphatic heterocycles. The van der Waals surface area contributed by atoms with Crippen molar-refractivity contribution in [3.63, 3.8) is 0 Å². The van der Waals surface area contributed by atoms with Crippen LogP contribution in [0.2, 0.25) is 0 Å². The van der Waals surface area contributed by atoms with Crippen LogP contribution in [0.15, 0.2) is 72.0 Å². The highest BCUT2D eigenvalue weighted by atomic mass is 16.5. The number of rotatable bonds is 8. The van der Waals surface area contributed by atoms with Gasteiger partial charge in [-0.1, -0.05) is 94.3 Å². The molecule has 2 rings (SSSR count). The number of allylic oxidation sites excluding steroid dienone is 3. The first kappa shape index (κ1) is 31.9. The molecule has 0 unspecified atom stereocenters. The zero-order valence-corrected chi connectivity index (χ0v) is 23.2. The monoisotopic (exact) mass is 479 g/mol. The third-order valence-electron chi connectivity index (χ3n) is 5.18. The van der Waals surface area contributed by atoms with E-state index in [0.717, 1.165) is 28.8 Å². The first-order chi connectivity index (χ1) is 16.7. The second-order valence-corrected chi connectivity index (χ2v) is 8.47. The molecule has 0 aliphatic rings. The molecule has 0 radical (unpaired) electrons. The number of nitrogens with one attached hydrogen (secondary N) is 1. The van der Waals surface area contributed by atoms with Crippen molar-refractivity contribution in [3.8, 4) is 0 Å². The van der Waals surface area contributed by atoms with Gasteiger partial charge in [-0.3, -0.25) is 4.79 Å². The van der Waals surface area contributed by atoms with E-state index in [-0.39, 0.29) is 11.9 Å². The van der Waals surface area contributed by atoms with Crippen LogP contribution >= 0.6 is 0 Å². The molecule has 35 heavy (non-hydrogen) atoms. The topological polar surface area (TPSA) is 55.4 Å². The third-order valence-corrected chi connectivity index (χ3v) is 5.18. The predicted octanol–water partition coefficient (Wildman–Crippen LogP) is 8.10. The molecule has 4 nitrogen and oxygen atoms in total. The molecule has 0 heterocycles. The maximum atomic E-state index is 11.9. The largest absolute Gasteiger partial charge is 0.457 e. The highest BCUT2D eigenvalue weighted by Crippen LogP contribution is 2.13. The van der Waals surface area contributed by atoms with Crippen LogP contribution in [0.4, 0.5) is 0 Å². The van der Waals surface area contributed by atoms with Gasteiger partial charge in [0, 0.05) is 12.1 Å². The Labute approximate surface area is 213 Å². The summed E-state index contributed by atoms with van der Waals surface area (Å²) in [5.74, 6) is 0.345. The maximum Gasteiger partial charge on any atom is 0.338 e. The summed E-state index contributed by atoms with van der Waals surface area (Å²) < 4.78 is 5.30. The predicted molar refractivity (Wildman–Crippen MR) is 148 cm³/mol. The lowest BCUT2D eigenvalue weighted by Gasteiger charge is -2.09. The molecule has 4 heteroatoms. The molecule has 192 valence electrons. The molecule has 0 fully saturated rings. The van der Waals surface area contributed by atoms with Crippen LogP contribution in [0.3, 0.4) is 0 Å². The number of benzene rings is 2. The summed E-state index contributed by atoms with van der Waals surface area (Å²) in [6.45, 7) is 18.6. The molecule has 0 aromatic heterocycles. The smallest absolute Gasteiger partial charge is 0.338 e. The molecule has 2 aromatic rings. The van der Waals surface area contributed by atoms with Crippen molar-refractivity contribution in [3.05, 3.63) is 94.2 Å². The number of carbonyl (C=O) groups is 2. The van der Waals surface area contributed by atoms with Crippen LogP contribution in [0.25, 0.3) is 0 Å². The van der Waals surface area contributed by atoms with Gasteiger partial charge in [-0.05, 0) is 63.3 Å². The zero-order valence-electron chi connectivity index (χ0n) is 23.2. The fourth-order valence-electron chi connectivity index (χ4n) is 2.90. The van der Waals surface area contributed by atoms with Crippen molar-refractivity contribution in [1.82, 2.24) is 5.32 Å². The molecule has 0 bridgehead atoms. The number of carbonyl (C=O) groups excluding carboxylic acids is 2. The van der Waals surface area contributed by atoms with E-state index in [2.05, 4.69) is 26.1 Å². The number of esters is 1. The van der Waals surface area contributed by atoms with Gasteiger partial charge < -0.3 is 10.1 Å². The van der Waals surface area contributed by atoms with Gasteiger partial charge in [-0.25, -0.2) is 4.79 Å². The molecule has 0 aliphatic carbocycles. The molecule has 1 amide bonds. The Morgan fingerprint density at radius 1 is 1.03 bits per heavy atom. The highest BCUT2D eigenvalue weighted by Gasteiger charge is 2.10. The number of hydrogen-bond acceptors (Lipinski definition) is 3. The number of ether oxygens (including phenoxy) is 1. The van der Waals surface area contributed by atoms with Gasteiger partial charge >= 0.3 is 5.97 Å². The summed E-state index contributed by atoms with van der Waals surface area (Å²) in [5, 5.41) is 2.90. The van der Waals surface area contributed by atoms with Crippen molar-refractivity contribution in [2.75, 3.05) is 0 Å². The minimum absolute atomic E-state index is 0.0957. The van der Waals surface area contributed by atoms with E-state index in [9.17, 15) is 9.59 Å². The van der Waals surface area contributed by atoms with Gasteiger partial charge in [0.2, 0.25) is 5.91 Å². The lowest BCUT2D eigenvalue weighted by Crippen LogP contribution is -2.21. The molecule has 0 atom stereocenters. The van der Waals surface area contributed by atoms with Crippen LogP contribution in [0.1, 0.15) is 88.4 Å². The average Bonchev–Trinajstić information content (AvgIpc) is 2.84. The maximum absolute atomic E-state index is 11.9. The first-order valence-corrected chi connectivity index (χ1v) is 12.6. The second-order valence-electron chi connectivity index (χ2n) is 8.47. The van der Waals surface area contributed by atoms with E-state index < -0.39 is 0 Å². The zero-order chi connectivity index (χ0) is 26.8. The fourth-order valence-corrected chi connectivity index (χ4v) is 2.90. The summed E-state index contributed by atoms with van der Waals surface area (Å²) in [7, 11) is 0. The van der Waals surface area contributed by atoms with E-state index in [0.29, 0.717) is 24.5 Å². The van der Waals surface area contributed by atoms with E-state index in [1.807, 2.05) is 102 Å². The van der Waals surface area contributed by atoms with Crippen LogP contribution in [-0.2, 0) is 16.1 Å². The van der Waals surface area contributed by atoms with Crippen molar-refractivity contribution < 1.29 is 14.3 Å². The van der Waals surface area contributed by atoms with Crippen LogP contribution in [0, 0.1) is 19.8 Å². The van der Waals surface area contributed by atoms with Gasteiger partial charge in [-0.15, -0.1) is 0 Å². The normalized spacial score (nSPS) is 11.0. The second kappa shape index (κ2) is 18.2. The molecule has 0 saturated heterocycles. The SMILES string of the molecule is C/C=C(\C=C(\C)C(C)C)NC(=O)CCC.CC.Cc1ccc(C(=O)OCc2ccccc2)c(C)c1. The van der Waals surface area contributed by atoms with Crippen molar-refractivity contribution >= 4 is 11.9 Å². The number of hydrogen-bond donors (Lipinski definition) is 1. The Hall–Kier alpha value is -3.14. The summed E-state index contributed by atoms with van der Waals surface area (Å²) in [6, 6.07) is 15.4. The Morgan fingerprint density at radius 3 is 2.17 bits per heavy atom.